The second kappa shape index (κ2) is 4.97. The first-order valence-electron chi connectivity index (χ1n) is 5.23. The van der Waals surface area contributed by atoms with Gasteiger partial charge in [-0.05, 0) is 29.5 Å². The minimum absolute atomic E-state index is 0.369. The Morgan fingerprint density at radius 2 is 1.82 bits per heavy atom. The Morgan fingerprint density at radius 1 is 1.12 bits per heavy atom. The number of hydrogen-bond acceptors (Lipinski definition) is 2. The standard InChI is InChI=1S/C14H12O2S/c1-10(12-8-5-9-17-12)13(14(15)16)11-6-3-2-4-7-11/h2-9H,1H3,(H,15,16). The maximum absolute atomic E-state index is 11.4. The van der Waals surface area contributed by atoms with Crippen LogP contribution in [0.2, 0.25) is 0 Å². The first-order chi connectivity index (χ1) is 8.20. The number of carboxylic acid groups (broad SMARTS) is 1. The van der Waals surface area contributed by atoms with Crippen molar-refractivity contribution in [1.29, 1.82) is 0 Å². The molecule has 1 aromatic heterocycles. The lowest BCUT2D eigenvalue weighted by Gasteiger charge is -2.07. The molecule has 0 fully saturated rings. The summed E-state index contributed by atoms with van der Waals surface area (Å²) in [5, 5.41) is 11.3. The van der Waals surface area contributed by atoms with Crippen LogP contribution in [0, 0.1) is 0 Å². The van der Waals surface area contributed by atoms with Crippen LogP contribution in [0.3, 0.4) is 0 Å². The average Bonchev–Trinajstić information content (AvgIpc) is 2.83. The van der Waals surface area contributed by atoms with Gasteiger partial charge >= 0.3 is 5.97 Å². The lowest BCUT2D eigenvalue weighted by molar-refractivity contribution is -0.130. The fourth-order valence-electron chi connectivity index (χ4n) is 1.72. The summed E-state index contributed by atoms with van der Waals surface area (Å²) < 4.78 is 0. The Morgan fingerprint density at radius 3 is 2.35 bits per heavy atom. The van der Waals surface area contributed by atoms with Crippen LogP contribution >= 0.6 is 11.3 Å². The monoisotopic (exact) mass is 244 g/mol. The van der Waals surface area contributed by atoms with Crippen molar-refractivity contribution >= 4 is 28.5 Å². The zero-order chi connectivity index (χ0) is 12.3. The molecular formula is C14H12O2S. The van der Waals surface area contributed by atoms with Gasteiger partial charge in [0, 0.05) is 4.88 Å². The molecule has 0 unspecified atom stereocenters. The van der Waals surface area contributed by atoms with Crippen LogP contribution in [0.15, 0.2) is 47.8 Å². The summed E-state index contributed by atoms with van der Waals surface area (Å²) in [6.07, 6.45) is 0. The van der Waals surface area contributed by atoms with Gasteiger partial charge in [0.2, 0.25) is 0 Å². The first-order valence-corrected chi connectivity index (χ1v) is 6.11. The van der Waals surface area contributed by atoms with Gasteiger partial charge in [0.05, 0.1) is 5.57 Å². The molecule has 1 heterocycles. The number of thiophene rings is 1. The van der Waals surface area contributed by atoms with E-state index in [9.17, 15) is 9.90 Å². The fourth-order valence-corrected chi connectivity index (χ4v) is 2.46. The quantitative estimate of drug-likeness (QED) is 0.835. The molecule has 0 aliphatic heterocycles. The zero-order valence-corrected chi connectivity index (χ0v) is 10.2. The van der Waals surface area contributed by atoms with Crippen LogP contribution in [0.5, 0.6) is 0 Å². The van der Waals surface area contributed by atoms with E-state index in [2.05, 4.69) is 0 Å². The maximum atomic E-state index is 11.4. The Hall–Kier alpha value is -1.87. The second-order valence-corrected chi connectivity index (χ2v) is 4.60. The van der Waals surface area contributed by atoms with Gasteiger partial charge in [-0.15, -0.1) is 11.3 Å². The highest BCUT2D eigenvalue weighted by Gasteiger charge is 2.15. The van der Waals surface area contributed by atoms with Crippen molar-refractivity contribution in [1.82, 2.24) is 0 Å². The summed E-state index contributed by atoms with van der Waals surface area (Å²) in [5.41, 5.74) is 1.91. The molecule has 86 valence electrons. The minimum Gasteiger partial charge on any atom is -0.478 e. The molecule has 1 N–H and O–H groups in total. The van der Waals surface area contributed by atoms with Crippen LogP contribution in [0.25, 0.3) is 11.1 Å². The van der Waals surface area contributed by atoms with Crippen molar-refractivity contribution in [3.05, 3.63) is 58.3 Å². The van der Waals surface area contributed by atoms with Crippen LogP contribution < -0.4 is 0 Å². The predicted molar refractivity (Wildman–Crippen MR) is 70.9 cm³/mol. The molecule has 0 radical (unpaired) electrons. The normalized spacial score (nSPS) is 12.1. The smallest absolute Gasteiger partial charge is 0.336 e. The third-order valence-corrected chi connectivity index (χ3v) is 3.53. The fraction of sp³-hybridized carbons (Fsp3) is 0.0714. The molecule has 2 nitrogen and oxygen atoms in total. The van der Waals surface area contributed by atoms with Crippen molar-refractivity contribution in [3.8, 4) is 0 Å². The summed E-state index contributed by atoms with van der Waals surface area (Å²) in [6.45, 7) is 1.85. The van der Waals surface area contributed by atoms with E-state index < -0.39 is 5.97 Å². The molecule has 0 amide bonds. The van der Waals surface area contributed by atoms with Gasteiger partial charge < -0.3 is 5.11 Å². The maximum Gasteiger partial charge on any atom is 0.336 e. The molecule has 2 aromatic rings. The number of hydrogen-bond donors (Lipinski definition) is 1. The Bertz CT molecular complexity index is 539. The topological polar surface area (TPSA) is 37.3 Å². The lowest BCUT2D eigenvalue weighted by Crippen LogP contribution is -2.01. The number of carbonyl (C=O) groups is 1. The average molecular weight is 244 g/mol. The van der Waals surface area contributed by atoms with E-state index >= 15 is 0 Å². The molecule has 2 rings (SSSR count). The number of rotatable bonds is 3. The largest absolute Gasteiger partial charge is 0.478 e. The van der Waals surface area contributed by atoms with Crippen molar-refractivity contribution in [2.45, 2.75) is 6.92 Å². The third-order valence-electron chi connectivity index (χ3n) is 2.54. The van der Waals surface area contributed by atoms with Crippen LogP contribution in [-0.2, 0) is 4.79 Å². The number of aliphatic carboxylic acids is 1. The number of allylic oxidation sites excluding steroid dienone is 1. The van der Waals surface area contributed by atoms with E-state index in [1.165, 1.54) is 0 Å². The summed E-state index contributed by atoms with van der Waals surface area (Å²) in [7, 11) is 0. The molecular weight excluding hydrogens is 232 g/mol. The summed E-state index contributed by atoms with van der Waals surface area (Å²) in [5.74, 6) is -0.887. The van der Waals surface area contributed by atoms with Crippen molar-refractivity contribution in [2.24, 2.45) is 0 Å². The molecule has 0 atom stereocenters. The van der Waals surface area contributed by atoms with E-state index in [4.69, 9.17) is 0 Å². The van der Waals surface area contributed by atoms with E-state index in [-0.39, 0.29) is 0 Å². The second-order valence-electron chi connectivity index (χ2n) is 3.65. The SMILES string of the molecule is CC(=C(C(=O)O)c1ccccc1)c1cccs1. The molecule has 0 aliphatic rings. The highest BCUT2D eigenvalue weighted by atomic mass is 32.1. The number of carboxylic acids is 1. The van der Waals surface area contributed by atoms with Gasteiger partial charge in [0.1, 0.15) is 0 Å². The molecule has 17 heavy (non-hydrogen) atoms. The summed E-state index contributed by atoms with van der Waals surface area (Å²) in [4.78, 5) is 12.4. The van der Waals surface area contributed by atoms with Gasteiger partial charge in [0.15, 0.2) is 0 Å². The zero-order valence-electron chi connectivity index (χ0n) is 9.38. The predicted octanol–water partition coefficient (Wildman–Crippen LogP) is 3.76. The van der Waals surface area contributed by atoms with Crippen LogP contribution in [-0.4, -0.2) is 11.1 Å². The van der Waals surface area contributed by atoms with Gasteiger partial charge in [-0.2, -0.15) is 0 Å². The van der Waals surface area contributed by atoms with Crippen molar-refractivity contribution < 1.29 is 9.90 Å². The molecule has 0 saturated heterocycles. The van der Waals surface area contributed by atoms with Crippen molar-refractivity contribution in [3.63, 3.8) is 0 Å². The molecule has 0 saturated carbocycles. The van der Waals surface area contributed by atoms with Crippen LogP contribution in [0.1, 0.15) is 17.4 Å². The van der Waals surface area contributed by atoms with Gasteiger partial charge in [-0.1, -0.05) is 36.4 Å². The highest BCUT2D eigenvalue weighted by molar-refractivity contribution is 7.11. The van der Waals surface area contributed by atoms with Crippen LogP contribution in [0.4, 0.5) is 0 Å². The summed E-state index contributed by atoms with van der Waals surface area (Å²) >= 11 is 1.55. The van der Waals surface area contributed by atoms with E-state index in [0.717, 1.165) is 16.0 Å². The minimum atomic E-state index is -0.887. The van der Waals surface area contributed by atoms with E-state index in [1.54, 1.807) is 11.3 Å². The van der Waals surface area contributed by atoms with Gasteiger partial charge in [0.25, 0.3) is 0 Å². The highest BCUT2D eigenvalue weighted by Crippen LogP contribution is 2.28. The first kappa shape index (κ1) is 11.6. The number of benzene rings is 1. The molecule has 0 aliphatic carbocycles. The summed E-state index contributed by atoms with van der Waals surface area (Å²) in [6, 6.07) is 13.1. The Balaban J connectivity index is 2.57. The van der Waals surface area contributed by atoms with E-state index in [1.807, 2.05) is 54.8 Å². The van der Waals surface area contributed by atoms with Gasteiger partial charge in [-0.25, -0.2) is 4.79 Å². The Kier molecular flexibility index (Phi) is 3.40. The van der Waals surface area contributed by atoms with Crippen molar-refractivity contribution in [2.75, 3.05) is 0 Å². The third kappa shape index (κ3) is 2.45. The van der Waals surface area contributed by atoms with E-state index in [0.29, 0.717) is 5.57 Å². The molecule has 0 bridgehead atoms. The van der Waals surface area contributed by atoms with Gasteiger partial charge in [-0.3, -0.25) is 0 Å². The lowest BCUT2D eigenvalue weighted by atomic mass is 10.00. The molecule has 3 heteroatoms. The molecule has 1 aromatic carbocycles. The molecule has 0 spiro atoms. The Labute approximate surface area is 104 Å².